The topological polar surface area (TPSA) is 35.5 Å². The van der Waals surface area contributed by atoms with Crippen LogP contribution in [-0.4, -0.2) is 48.0 Å². The van der Waals surface area contributed by atoms with Crippen molar-refractivity contribution in [1.29, 1.82) is 0 Å². The Balaban J connectivity index is 1.97. The molecular formula is C14H21FN2O. The summed E-state index contributed by atoms with van der Waals surface area (Å²) in [7, 11) is 0. The normalized spacial score (nSPS) is 29.4. The Morgan fingerprint density at radius 2 is 2.06 bits per heavy atom. The lowest BCUT2D eigenvalue weighted by Crippen LogP contribution is -2.58. The fourth-order valence-corrected chi connectivity index (χ4v) is 2.49. The van der Waals surface area contributed by atoms with Gasteiger partial charge >= 0.3 is 0 Å². The third-order valence-electron chi connectivity index (χ3n) is 3.39. The first-order valence-electron chi connectivity index (χ1n) is 6.52. The third-order valence-corrected chi connectivity index (χ3v) is 3.39. The van der Waals surface area contributed by atoms with Gasteiger partial charge in [0, 0.05) is 25.7 Å². The monoisotopic (exact) mass is 252 g/mol. The minimum absolute atomic E-state index is 0.178. The summed E-state index contributed by atoms with van der Waals surface area (Å²) in [4.78, 5) is 2.06. The molecule has 4 heteroatoms. The zero-order valence-corrected chi connectivity index (χ0v) is 10.7. The highest BCUT2D eigenvalue weighted by atomic mass is 19.1. The summed E-state index contributed by atoms with van der Waals surface area (Å²) < 4.78 is 13.8. The third kappa shape index (κ3) is 3.28. The van der Waals surface area contributed by atoms with Crippen LogP contribution in [0.15, 0.2) is 30.3 Å². The summed E-state index contributed by atoms with van der Waals surface area (Å²) in [6.45, 7) is 4.43. The number of rotatable bonds is 4. The number of piperidine rings is 1. The molecule has 1 fully saturated rings. The second kappa shape index (κ2) is 6.27. The number of alkyl halides is 1. The zero-order valence-electron chi connectivity index (χ0n) is 10.7. The van der Waals surface area contributed by atoms with Crippen molar-refractivity contribution in [2.75, 3.05) is 19.6 Å². The number of nitrogens with one attached hydrogen (secondary N) is 1. The number of likely N-dealkylation sites (tertiary alicyclic amines) is 1. The fraction of sp³-hybridized carbons (Fsp3) is 0.571. The van der Waals surface area contributed by atoms with Gasteiger partial charge in [-0.05, 0) is 12.1 Å². The van der Waals surface area contributed by atoms with Crippen molar-refractivity contribution in [2.45, 2.75) is 31.8 Å². The molecule has 0 radical (unpaired) electrons. The lowest BCUT2D eigenvalue weighted by Gasteiger charge is -2.38. The maximum Gasteiger partial charge on any atom is 0.140 e. The minimum Gasteiger partial charge on any atom is -0.388 e. The first-order chi connectivity index (χ1) is 8.70. The maximum atomic E-state index is 13.8. The molecule has 2 rings (SSSR count). The Hall–Kier alpha value is -0.970. The average Bonchev–Trinajstić information content (AvgIpc) is 2.37. The molecule has 1 heterocycles. The number of benzene rings is 1. The fourth-order valence-electron chi connectivity index (χ4n) is 2.49. The number of hydrogen-bond acceptors (Lipinski definition) is 3. The summed E-state index contributed by atoms with van der Waals surface area (Å²) >= 11 is 0. The Bertz CT molecular complexity index is 360. The van der Waals surface area contributed by atoms with Crippen LogP contribution >= 0.6 is 0 Å². The summed E-state index contributed by atoms with van der Waals surface area (Å²) in [6.07, 6.45) is -2.07. The van der Waals surface area contributed by atoms with Crippen molar-refractivity contribution in [3.63, 3.8) is 0 Å². The van der Waals surface area contributed by atoms with Crippen molar-refractivity contribution in [2.24, 2.45) is 0 Å². The Morgan fingerprint density at radius 3 is 2.72 bits per heavy atom. The Kier molecular flexibility index (Phi) is 4.69. The number of aliphatic hydroxyl groups excluding tert-OH is 1. The summed E-state index contributed by atoms with van der Waals surface area (Å²) in [6, 6.07) is 9.86. The standard InChI is InChI=1S/C14H21FN2O/c1-2-16-13-10-17(9-12(15)14(13)18)8-11-6-4-3-5-7-11/h3-7,12-14,16,18H,2,8-10H2,1H3. The van der Waals surface area contributed by atoms with Crippen LogP contribution in [0.2, 0.25) is 0 Å². The lowest BCUT2D eigenvalue weighted by atomic mass is 10.00. The number of halogens is 1. The van der Waals surface area contributed by atoms with E-state index in [0.29, 0.717) is 13.1 Å². The van der Waals surface area contributed by atoms with Gasteiger partial charge in [-0.15, -0.1) is 0 Å². The van der Waals surface area contributed by atoms with Gasteiger partial charge in [-0.1, -0.05) is 37.3 Å². The molecule has 1 aliphatic heterocycles. The summed E-state index contributed by atoms with van der Waals surface area (Å²) in [5.41, 5.74) is 1.18. The van der Waals surface area contributed by atoms with Crippen molar-refractivity contribution >= 4 is 0 Å². The smallest absolute Gasteiger partial charge is 0.140 e. The molecule has 1 aromatic carbocycles. The van der Waals surface area contributed by atoms with E-state index in [0.717, 1.165) is 13.1 Å². The second-order valence-electron chi connectivity index (χ2n) is 4.85. The van der Waals surface area contributed by atoms with Gasteiger partial charge < -0.3 is 10.4 Å². The molecule has 3 unspecified atom stereocenters. The quantitative estimate of drug-likeness (QED) is 0.844. The molecule has 100 valence electrons. The van der Waals surface area contributed by atoms with Gasteiger partial charge in [0.1, 0.15) is 12.3 Å². The molecule has 2 N–H and O–H groups in total. The summed E-state index contributed by atoms with van der Waals surface area (Å²) in [5.74, 6) is 0. The van der Waals surface area contributed by atoms with E-state index >= 15 is 0 Å². The second-order valence-corrected chi connectivity index (χ2v) is 4.85. The van der Waals surface area contributed by atoms with Crippen LogP contribution in [0.5, 0.6) is 0 Å². The highest BCUT2D eigenvalue weighted by Gasteiger charge is 2.35. The molecule has 1 saturated heterocycles. The molecule has 3 atom stereocenters. The Morgan fingerprint density at radius 1 is 1.33 bits per heavy atom. The van der Waals surface area contributed by atoms with E-state index in [9.17, 15) is 9.50 Å². The first kappa shape index (κ1) is 13.5. The zero-order chi connectivity index (χ0) is 13.0. The SMILES string of the molecule is CCNC1CN(Cc2ccccc2)CC(F)C1O. The van der Waals surface area contributed by atoms with Crippen LogP contribution in [-0.2, 0) is 6.54 Å². The number of likely N-dealkylation sites (N-methyl/N-ethyl adjacent to an activating group) is 1. The van der Waals surface area contributed by atoms with Crippen molar-refractivity contribution in [3.8, 4) is 0 Å². The van der Waals surface area contributed by atoms with Gasteiger partial charge in [-0.25, -0.2) is 4.39 Å². The molecule has 0 saturated carbocycles. The largest absolute Gasteiger partial charge is 0.388 e. The maximum absolute atomic E-state index is 13.8. The van der Waals surface area contributed by atoms with E-state index in [2.05, 4.69) is 10.2 Å². The van der Waals surface area contributed by atoms with Crippen LogP contribution < -0.4 is 5.32 Å². The molecule has 0 spiro atoms. The van der Waals surface area contributed by atoms with Crippen LogP contribution in [0.3, 0.4) is 0 Å². The predicted octanol–water partition coefficient (Wildman–Crippen LogP) is 1.18. The Labute approximate surface area is 108 Å². The van der Waals surface area contributed by atoms with Crippen LogP contribution in [0.4, 0.5) is 4.39 Å². The van der Waals surface area contributed by atoms with Gasteiger partial charge in [-0.2, -0.15) is 0 Å². The number of hydrogen-bond donors (Lipinski definition) is 2. The van der Waals surface area contributed by atoms with Gasteiger partial charge in [0.15, 0.2) is 0 Å². The van der Waals surface area contributed by atoms with Gasteiger partial charge in [0.05, 0.1) is 0 Å². The van der Waals surface area contributed by atoms with Gasteiger partial charge in [0.25, 0.3) is 0 Å². The molecule has 0 aliphatic carbocycles. The predicted molar refractivity (Wildman–Crippen MR) is 70.1 cm³/mol. The minimum atomic E-state index is -1.17. The lowest BCUT2D eigenvalue weighted by molar-refractivity contribution is -0.0211. The van der Waals surface area contributed by atoms with E-state index in [1.165, 1.54) is 5.56 Å². The van der Waals surface area contributed by atoms with E-state index in [4.69, 9.17) is 0 Å². The average molecular weight is 252 g/mol. The van der Waals surface area contributed by atoms with Crippen molar-refractivity contribution in [3.05, 3.63) is 35.9 Å². The highest BCUT2D eigenvalue weighted by molar-refractivity contribution is 5.14. The molecular weight excluding hydrogens is 231 g/mol. The van der Waals surface area contributed by atoms with E-state index < -0.39 is 12.3 Å². The highest BCUT2D eigenvalue weighted by Crippen LogP contribution is 2.17. The van der Waals surface area contributed by atoms with Crippen LogP contribution in [0.25, 0.3) is 0 Å². The molecule has 3 nitrogen and oxygen atoms in total. The van der Waals surface area contributed by atoms with Crippen LogP contribution in [0, 0.1) is 0 Å². The van der Waals surface area contributed by atoms with Crippen LogP contribution in [0.1, 0.15) is 12.5 Å². The molecule has 1 aromatic rings. The summed E-state index contributed by atoms with van der Waals surface area (Å²) in [5, 5.41) is 12.9. The molecule has 1 aliphatic rings. The molecule has 0 aromatic heterocycles. The molecule has 18 heavy (non-hydrogen) atoms. The van der Waals surface area contributed by atoms with Crippen molar-refractivity contribution < 1.29 is 9.50 Å². The number of aliphatic hydroxyl groups is 1. The van der Waals surface area contributed by atoms with E-state index in [1.807, 2.05) is 37.3 Å². The molecule has 0 amide bonds. The van der Waals surface area contributed by atoms with Crippen molar-refractivity contribution in [1.82, 2.24) is 10.2 Å². The van der Waals surface area contributed by atoms with Gasteiger partial charge in [0.2, 0.25) is 0 Å². The van der Waals surface area contributed by atoms with E-state index in [1.54, 1.807) is 0 Å². The van der Waals surface area contributed by atoms with E-state index in [-0.39, 0.29) is 6.04 Å². The number of nitrogens with zero attached hydrogens (tertiary/aromatic N) is 1. The molecule has 0 bridgehead atoms. The van der Waals surface area contributed by atoms with Gasteiger partial charge in [-0.3, -0.25) is 4.90 Å². The first-order valence-corrected chi connectivity index (χ1v) is 6.52.